The molecule has 1 amide bonds. The van der Waals surface area contributed by atoms with E-state index in [4.69, 9.17) is 0 Å². The van der Waals surface area contributed by atoms with E-state index in [1.54, 1.807) is 11.0 Å². The third-order valence-corrected chi connectivity index (χ3v) is 6.70. The summed E-state index contributed by atoms with van der Waals surface area (Å²) in [5.41, 5.74) is 4.32. The molecule has 0 N–H and O–H groups in total. The van der Waals surface area contributed by atoms with Crippen molar-refractivity contribution < 1.29 is 13.2 Å². The summed E-state index contributed by atoms with van der Waals surface area (Å²) < 4.78 is 23.9. The van der Waals surface area contributed by atoms with Gasteiger partial charge in [-0.05, 0) is 49.6 Å². The van der Waals surface area contributed by atoms with Gasteiger partial charge in [0.1, 0.15) is 0 Å². The van der Waals surface area contributed by atoms with E-state index in [2.05, 4.69) is 30.0 Å². The van der Waals surface area contributed by atoms with Gasteiger partial charge in [0.25, 0.3) is 0 Å². The zero-order valence-corrected chi connectivity index (χ0v) is 16.7. The molecule has 5 nitrogen and oxygen atoms in total. The summed E-state index contributed by atoms with van der Waals surface area (Å²) in [6, 6.07) is 15.2. The lowest BCUT2D eigenvalue weighted by Gasteiger charge is -2.34. The van der Waals surface area contributed by atoms with E-state index in [0.29, 0.717) is 0 Å². The van der Waals surface area contributed by atoms with Crippen LogP contribution in [0.5, 0.6) is 0 Å². The summed E-state index contributed by atoms with van der Waals surface area (Å²) in [5.74, 6) is -0.157. The van der Waals surface area contributed by atoms with Crippen molar-refractivity contribution in [1.29, 1.82) is 0 Å². The monoisotopic (exact) mass is 396 g/mol. The fourth-order valence-corrected chi connectivity index (χ4v) is 5.30. The number of carbonyl (C=O) groups excluding carboxylic acids is 1. The highest BCUT2D eigenvalue weighted by Gasteiger charge is 2.32. The van der Waals surface area contributed by atoms with Crippen LogP contribution in [-0.4, -0.2) is 39.2 Å². The molecule has 4 rings (SSSR count). The Bertz CT molecular complexity index is 1020. The number of aryl methyl sites for hydroxylation is 2. The highest BCUT2D eigenvalue weighted by atomic mass is 32.2. The van der Waals surface area contributed by atoms with Crippen LogP contribution in [0.25, 0.3) is 0 Å². The minimum Gasteiger partial charge on any atom is -0.362 e. The molecule has 0 fully saturated rings. The first-order chi connectivity index (χ1) is 13.4. The van der Waals surface area contributed by atoms with E-state index >= 15 is 0 Å². The number of fused-ring (bicyclic) bond motifs is 1. The van der Waals surface area contributed by atoms with Gasteiger partial charge in [-0.2, -0.15) is 0 Å². The smallest absolute Gasteiger partial charge is 0.247 e. The Hall–Kier alpha value is -2.60. The van der Waals surface area contributed by atoms with E-state index in [1.165, 1.54) is 16.5 Å². The van der Waals surface area contributed by atoms with Gasteiger partial charge in [-0.15, -0.1) is 0 Å². The molecule has 0 saturated carbocycles. The molecule has 2 aromatic carbocycles. The van der Waals surface area contributed by atoms with Crippen molar-refractivity contribution in [2.45, 2.75) is 25.8 Å². The van der Waals surface area contributed by atoms with E-state index in [-0.39, 0.29) is 18.2 Å². The number of hydrogen-bond acceptors (Lipinski definition) is 4. The van der Waals surface area contributed by atoms with Gasteiger partial charge in [-0.3, -0.25) is 4.79 Å². The molecule has 146 valence electrons. The maximum Gasteiger partial charge on any atom is 0.247 e. The molecule has 1 atom stereocenters. The molecule has 6 heteroatoms. The third-order valence-electron chi connectivity index (χ3n) is 5.32. The zero-order chi connectivity index (χ0) is 19.7. The number of hydrogen-bond donors (Lipinski definition) is 0. The Balaban J connectivity index is 1.62. The van der Waals surface area contributed by atoms with Crippen LogP contribution in [0.4, 0.5) is 11.4 Å². The van der Waals surface area contributed by atoms with E-state index < -0.39 is 15.9 Å². The highest BCUT2D eigenvalue weighted by Crippen LogP contribution is 2.29. The van der Waals surface area contributed by atoms with Gasteiger partial charge in [0.2, 0.25) is 5.91 Å². The van der Waals surface area contributed by atoms with Gasteiger partial charge in [0.05, 0.1) is 18.3 Å². The normalized spacial score (nSPS) is 20.0. The first-order valence-electron chi connectivity index (χ1n) is 9.55. The van der Waals surface area contributed by atoms with Gasteiger partial charge in [0.15, 0.2) is 9.84 Å². The molecule has 0 bridgehead atoms. The van der Waals surface area contributed by atoms with Gasteiger partial charge < -0.3 is 9.80 Å². The number of sulfone groups is 1. The molecule has 0 spiro atoms. The molecular formula is C22H24N2O3S. The molecule has 0 unspecified atom stereocenters. The van der Waals surface area contributed by atoms with Crippen molar-refractivity contribution >= 4 is 27.1 Å². The van der Waals surface area contributed by atoms with Crippen LogP contribution >= 0.6 is 0 Å². The number of benzene rings is 2. The third kappa shape index (κ3) is 3.83. The average Bonchev–Trinajstić information content (AvgIpc) is 3.02. The first kappa shape index (κ1) is 18.7. The SMILES string of the molecule is Cc1ccc2c(c1)CCCN2CC(=O)N(c1ccccc1)[C@H]1C=CS(=O)(=O)C1. The second-order valence-corrected chi connectivity index (χ2v) is 9.41. The number of amides is 1. The van der Waals surface area contributed by atoms with E-state index in [1.807, 2.05) is 30.3 Å². The molecule has 28 heavy (non-hydrogen) atoms. The Kier molecular flexibility index (Phi) is 4.98. The summed E-state index contributed by atoms with van der Waals surface area (Å²) in [6.07, 6.45) is 3.65. The van der Waals surface area contributed by atoms with Crippen LogP contribution in [0.15, 0.2) is 60.0 Å². The van der Waals surface area contributed by atoms with E-state index in [9.17, 15) is 13.2 Å². The van der Waals surface area contributed by atoms with Crippen LogP contribution in [0.2, 0.25) is 0 Å². The molecule has 2 aromatic rings. The lowest BCUT2D eigenvalue weighted by Crippen LogP contribution is -2.47. The first-order valence-corrected chi connectivity index (χ1v) is 11.3. The molecular weight excluding hydrogens is 372 g/mol. The molecule has 0 aromatic heterocycles. The van der Waals surface area contributed by atoms with Gasteiger partial charge in [0, 0.05) is 23.3 Å². The Morgan fingerprint density at radius 3 is 2.68 bits per heavy atom. The fourth-order valence-electron chi connectivity index (χ4n) is 4.04. The van der Waals surface area contributed by atoms with Crippen molar-refractivity contribution in [2.75, 3.05) is 28.6 Å². The summed E-state index contributed by atoms with van der Waals surface area (Å²) in [5, 5.41) is 1.22. The van der Waals surface area contributed by atoms with Gasteiger partial charge >= 0.3 is 0 Å². The minimum absolute atomic E-state index is 0.0661. The number of nitrogens with zero attached hydrogens (tertiary/aromatic N) is 2. The number of anilines is 2. The van der Waals surface area contributed by atoms with Crippen LogP contribution in [0.1, 0.15) is 17.5 Å². The fraction of sp³-hybridized carbons (Fsp3) is 0.318. The molecule has 0 aliphatic carbocycles. The van der Waals surface area contributed by atoms with Crippen LogP contribution in [-0.2, 0) is 21.1 Å². The quantitative estimate of drug-likeness (QED) is 0.797. The second kappa shape index (κ2) is 7.43. The van der Waals surface area contributed by atoms with E-state index in [0.717, 1.165) is 30.8 Å². The Morgan fingerprint density at radius 2 is 1.96 bits per heavy atom. The lowest BCUT2D eigenvalue weighted by atomic mass is 9.99. The summed E-state index contributed by atoms with van der Waals surface area (Å²) in [7, 11) is -3.26. The van der Waals surface area contributed by atoms with Gasteiger partial charge in [-0.25, -0.2) is 8.42 Å². The molecule has 0 radical (unpaired) electrons. The maximum atomic E-state index is 13.3. The molecule has 2 aliphatic heterocycles. The van der Waals surface area contributed by atoms with Crippen LogP contribution in [0.3, 0.4) is 0 Å². The van der Waals surface area contributed by atoms with Crippen molar-refractivity contribution in [1.82, 2.24) is 0 Å². The number of carbonyl (C=O) groups is 1. The zero-order valence-electron chi connectivity index (χ0n) is 15.9. The molecule has 0 saturated heterocycles. The van der Waals surface area contributed by atoms with Crippen LogP contribution in [0, 0.1) is 6.92 Å². The van der Waals surface area contributed by atoms with Crippen molar-refractivity contribution in [3.05, 3.63) is 71.1 Å². The second-order valence-electron chi connectivity index (χ2n) is 7.48. The standard InChI is InChI=1S/C22H24N2O3S/c1-17-9-10-21-18(14-17)6-5-12-23(21)15-22(25)24(19-7-3-2-4-8-19)20-11-13-28(26,27)16-20/h2-4,7-11,13-14,20H,5-6,12,15-16H2,1H3/t20-/m0/s1. The largest absolute Gasteiger partial charge is 0.362 e. The number of para-hydroxylation sites is 1. The lowest BCUT2D eigenvalue weighted by molar-refractivity contribution is -0.117. The highest BCUT2D eigenvalue weighted by molar-refractivity contribution is 7.94. The summed E-state index contributed by atoms with van der Waals surface area (Å²) in [4.78, 5) is 17.1. The van der Waals surface area contributed by atoms with Crippen molar-refractivity contribution in [3.8, 4) is 0 Å². The predicted octanol–water partition coefficient (Wildman–Crippen LogP) is 3.09. The number of rotatable bonds is 4. The Labute approximate surface area is 166 Å². The minimum atomic E-state index is -3.26. The van der Waals surface area contributed by atoms with Crippen molar-refractivity contribution in [2.24, 2.45) is 0 Å². The topological polar surface area (TPSA) is 57.7 Å². The Morgan fingerprint density at radius 1 is 1.18 bits per heavy atom. The van der Waals surface area contributed by atoms with Crippen LogP contribution < -0.4 is 9.80 Å². The molecule has 2 aliphatic rings. The predicted molar refractivity (Wildman–Crippen MR) is 112 cm³/mol. The molecule has 2 heterocycles. The maximum absolute atomic E-state index is 13.3. The average molecular weight is 397 g/mol. The van der Waals surface area contributed by atoms with Crippen molar-refractivity contribution in [3.63, 3.8) is 0 Å². The van der Waals surface area contributed by atoms with Gasteiger partial charge in [-0.1, -0.05) is 35.9 Å². The summed E-state index contributed by atoms with van der Waals surface area (Å²) in [6.45, 7) is 3.13. The summed E-state index contributed by atoms with van der Waals surface area (Å²) >= 11 is 0.